The van der Waals surface area contributed by atoms with Gasteiger partial charge in [0.15, 0.2) is 0 Å². The van der Waals surface area contributed by atoms with Crippen LogP contribution in [0.15, 0.2) is 0 Å². The summed E-state index contributed by atoms with van der Waals surface area (Å²) in [7, 11) is 4.28. The van der Waals surface area contributed by atoms with E-state index < -0.39 is 0 Å². The molecule has 2 fully saturated rings. The van der Waals surface area contributed by atoms with Crippen molar-refractivity contribution in [2.45, 2.75) is 31.5 Å². The third-order valence-corrected chi connectivity index (χ3v) is 3.20. The average Bonchev–Trinajstić information content (AvgIpc) is 2.45. The quantitative estimate of drug-likeness (QED) is 0.773. The molecule has 0 saturated carbocycles. The number of halogens is 2. The first kappa shape index (κ1) is 16.5. The molecular weight excluding hydrogens is 247 g/mol. The molecular formula is C11H24Cl2N2O. The fourth-order valence-corrected chi connectivity index (χ4v) is 2.49. The number of hydrogen-bond acceptors (Lipinski definition) is 3. The smallest absolute Gasteiger partial charge is 0.0707 e. The Morgan fingerprint density at radius 1 is 1.12 bits per heavy atom. The van der Waals surface area contributed by atoms with Crippen LogP contribution in [0.25, 0.3) is 0 Å². The van der Waals surface area contributed by atoms with Crippen molar-refractivity contribution in [1.29, 1.82) is 0 Å². The molecule has 2 unspecified atom stereocenters. The van der Waals surface area contributed by atoms with Crippen LogP contribution in [0.3, 0.4) is 0 Å². The standard InChI is InChI=1S/C11H22N2O.2ClH/c1-12(2)6-3-7-13-8-10-4-5-11(9-13)14-10;;/h10-11H,3-9H2,1-2H3;2*1H. The van der Waals surface area contributed by atoms with E-state index in [-0.39, 0.29) is 24.8 Å². The second kappa shape index (κ2) is 7.72. The van der Waals surface area contributed by atoms with Crippen molar-refractivity contribution < 1.29 is 4.74 Å². The van der Waals surface area contributed by atoms with Crippen LogP contribution in [0.1, 0.15) is 19.3 Å². The molecule has 3 nitrogen and oxygen atoms in total. The maximum Gasteiger partial charge on any atom is 0.0707 e. The van der Waals surface area contributed by atoms with Gasteiger partial charge in [0, 0.05) is 13.1 Å². The fraction of sp³-hybridized carbons (Fsp3) is 1.00. The molecule has 98 valence electrons. The highest BCUT2D eigenvalue weighted by molar-refractivity contribution is 5.85. The molecule has 2 aliphatic rings. The lowest BCUT2D eigenvalue weighted by Gasteiger charge is -2.32. The lowest BCUT2D eigenvalue weighted by molar-refractivity contribution is -0.0387. The third kappa shape index (κ3) is 4.76. The Labute approximate surface area is 111 Å². The number of morpholine rings is 1. The van der Waals surface area contributed by atoms with Crippen molar-refractivity contribution in [2.24, 2.45) is 0 Å². The molecule has 2 aliphatic heterocycles. The van der Waals surface area contributed by atoms with Gasteiger partial charge in [0.2, 0.25) is 0 Å². The van der Waals surface area contributed by atoms with E-state index in [1.807, 2.05) is 0 Å². The number of ether oxygens (including phenoxy) is 1. The van der Waals surface area contributed by atoms with Crippen LogP contribution in [-0.2, 0) is 4.74 Å². The lowest BCUT2D eigenvalue weighted by Crippen LogP contribution is -2.43. The topological polar surface area (TPSA) is 15.7 Å². The summed E-state index contributed by atoms with van der Waals surface area (Å²) in [5.74, 6) is 0. The van der Waals surface area contributed by atoms with Gasteiger partial charge < -0.3 is 9.64 Å². The number of nitrogens with zero attached hydrogens (tertiary/aromatic N) is 2. The zero-order valence-electron chi connectivity index (χ0n) is 10.2. The van der Waals surface area contributed by atoms with E-state index in [0.29, 0.717) is 12.2 Å². The Balaban J connectivity index is 0.00000112. The van der Waals surface area contributed by atoms with Crippen molar-refractivity contribution >= 4 is 24.8 Å². The molecule has 5 heteroatoms. The van der Waals surface area contributed by atoms with Crippen molar-refractivity contribution in [3.8, 4) is 0 Å². The van der Waals surface area contributed by atoms with E-state index in [4.69, 9.17) is 4.74 Å². The predicted molar refractivity (Wildman–Crippen MR) is 72.0 cm³/mol. The number of hydrogen-bond donors (Lipinski definition) is 0. The number of likely N-dealkylation sites (tertiary alicyclic amines) is 1. The second-order valence-electron chi connectivity index (χ2n) is 4.87. The molecule has 0 aromatic carbocycles. The van der Waals surface area contributed by atoms with Gasteiger partial charge in [-0.2, -0.15) is 0 Å². The summed E-state index contributed by atoms with van der Waals surface area (Å²) in [6.07, 6.45) is 4.96. The highest BCUT2D eigenvalue weighted by Gasteiger charge is 2.33. The van der Waals surface area contributed by atoms with Crippen LogP contribution >= 0.6 is 24.8 Å². The molecule has 2 saturated heterocycles. The van der Waals surface area contributed by atoms with Gasteiger partial charge in [0.1, 0.15) is 0 Å². The molecule has 0 spiro atoms. The summed E-state index contributed by atoms with van der Waals surface area (Å²) >= 11 is 0. The van der Waals surface area contributed by atoms with E-state index in [1.165, 1.54) is 45.4 Å². The summed E-state index contributed by atoms with van der Waals surface area (Å²) in [5.41, 5.74) is 0. The summed E-state index contributed by atoms with van der Waals surface area (Å²) in [6.45, 7) is 4.79. The van der Waals surface area contributed by atoms with Crippen molar-refractivity contribution in [1.82, 2.24) is 9.80 Å². The maximum absolute atomic E-state index is 5.80. The Kier molecular flexibility index (Phi) is 7.94. The molecule has 2 atom stereocenters. The van der Waals surface area contributed by atoms with Gasteiger partial charge in [0.25, 0.3) is 0 Å². The summed E-state index contributed by atoms with van der Waals surface area (Å²) in [4.78, 5) is 4.84. The van der Waals surface area contributed by atoms with Crippen molar-refractivity contribution in [2.75, 3.05) is 40.3 Å². The average molecular weight is 271 g/mol. The minimum Gasteiger partial charge on any atom is -0.372 e. The van der Waals surface area contributed by atoms with Crippen LogP contribution in [-0.4, -0.2) is 62.3 Å². The van der Waals surface area contributed by atoms with Crippen LogP contribution in [0.2, 0.25) is 0 Å². The maximum atomic E-state index is 5.80. The Bertz CT molecular complexity index is 181. The molecule has 2 bridgehead atoms. The molecule has 0 N–H and O–H groups in total. The monoisotopic (exact) mass is 270 g/mol. The molecule has 0 radical (unpaired) electrons. The van der Waals surface area contributed by atoms with Crippen LogP contribution < -0.4 is 0 Å². The van der Waals surface area contributed by atoms with Crippen molar-refractivity contribution in [3.63, 3.8) is 0 Å². The van der Waals surface area contributed by atoms with Gasteiger partial charge in [-0.1, -0.05) is 0 Å². The molecule has 0 amide bonds. The Morgan fingerprint density at radius 2 is 1.69 bits per heavy atom. The van der Waals surface area contributed by atoms with Gasteiger partial charge in [0.05, 0.1) is 12.2 Å². The fourth-order valence-electron chi connectivity index (χ4n) is 2.49. The van der Waals surface area contributed by atoms with E-state index >= 15 is 0 Å². The molecule has 0 aromatic rings. The number of rotatable bonds is 4. The lowest BCUT2D eigenvalue weighted by atomic mass is 10.2. The minimum atomic E-state index is 0. The molecule has 2 heterocycles. The van der Waals surface area contributed by atoms with E-state index in [0.717, 1.165) is 0 Å². The van der Waals surface area contributed by atoms with Gasteiger partial charge in [-0.05, 0) is 46.4 Å². The minimum absolute atomic E-state index is 0. The second-order valence-corrected chi connectivity index (χ2v) is 4.87. The number of fused-ring (bicyclic) bond motifs is 2. The first-order valence-electron chi connectivity index (χ1n) is 5.76. The van der Waals surface area contributed by atoms with E-state index in [2.05, 4.69) is 23.9 Å². The van der Waals surface area contributed by atoms with Crippen LogP contribution in [0.5, 0.6) is 0 Å². The first-order valence-corrected chi connectivity index (χ1v) is 5.76. The van der Waals surface area contributed by atoms with E-state index in [1.54, 1.807) is 0 Å². The Hall–Kier alpha value is 0.460. The SMILES string of the molecule is CN(C)CCCN1CC2CCC(C1)O2.Cl.Cl. The summed E-state index contributed by atoms with van der Waals surface area (Å²) in [5, 5.41) is 0. The van der Waals surface area contributed by atoms with Crippen LogP contribution in [0.4, 0.5) is 0 Å². The third-order valence-electron chi connectivity index (χ3n) is 3.20. The molecule has 2 rings (SSSR count). The highest BCUT2D eigenvalue weighted by Crippen LogP contribution is 2.25. The largest absolute Gasteiger partial charge is 0.372 e. The molecule has 0 aliphatic carbocycles. The van der Waals surface area contributed by atoms with Gasteiger partial charge in [-0.25, -0.2) is 0 Å². The highest BCUT2D eigenvalue weighted by atomic mass is 35.5. The zero-order valence-corrected chi connectivity index (χ0v) is 11.9. The first-order chi connectivity index (χ1) is 6.74. The normalized spacial score (nSPS) is 28.7. The summed E-state index contributed by atoms with van der Waals surface area (Å²) in [6, 6.07) is 0. The van der Waals surface area contributed by atoms with Gasteiger partial charge in [-0.15, -0.1) is 24.8 Å². The predicted octanol–water partition coefficient (Wildman–Crippen LogP) is 1.64. The summed E-state index contributed by atoms with van der Waals surface area (Å²) < 4.78 is 5.80. The van der Waals surface area contributed by atoms with Crippen LogP contribution in [0, 0.1) is 0 Å². The molecule has 0 aromatic heterocycles. The van der Waals surface area contributed by atoms with Gasteiger partial charge >= 0.3 is 0 Å². The zero-order chi connectivity index (χ0) is 9.97. The van der Waals surface area contributed by atoms with Gasteiger partial charge in [-0.3, -0.25) is 4.90 Å². The molecule has 16 heavy (non-hydrogen) atoms. The Morgan fingerprint density at radius 3 is 2.19 bits per heavy atom. The van der Waals surface area contributed by atoms with E-state index in [9.17, 15) is 0 Å². The van der Waals surface area contributed by atoms with Crippen molar-refractivity contribution in [3.05, 3.63) is 0 Å².